The van der Waals surface area contributed by atoms with Gasteiger partial charge in [0.1, 0.15) is 0 Å². The number of amides is 1. The maximum Gasteiger partial charge on any atom is 0.435 e. The Morgan fingerprint density at radius 2 is 1.41 bits per heavy atom. The van der Waals surface area contributed by atoms with Crippen molar-refractivity contribution in [3.63, 3.8) is 0 Å². The molecular weight excluding hydrogens is 404 g/mol. The molecule has 154 valence electrons. The summed E-state index contributed by atoms with van der Waals surface area (Å²) < 4.78 is 78.1. The third-order valence-electron chi connectivity index (χ3n) is 3.51. The van der Waals surface area contributed by atoms with Gasteiger partial charge in [-0.1, -0.05) is 30.3 Å². The van der Waals surface area contributed by atoms with Crippen LogP contribution in [0.25, 0.3) is 16.9 Å². The number of para-hydroxylation sites is 1. The molecule has 1 amide bonds. The molecule has 3 N–H and O–H groups in total. The van der Waals surface area contributed by atoms with Crippen molar-refractivity contribution < 1.29 is 36.2 Å². The van der Waals surface area contributed by atoms with E-state index in [9.17, 15) is 26.3 Å². The molecular formula is C18H13F6N3O2. The molecule has 0 bridgehead atoms. The monoisotopic (exact) mass is 417 g/mol. The van der Waals surface area contributed by atoms with Crippen LogP contribution >= 0.6 is 0 Å². The topological polar surface area (TPSA) is 81.1 Å². The van der Waals surface area contributed by atoms with Gasteiger partial charge in [-0.25, -0.2) is 9.48 Å². The zero-order valence-electron chi connectivity index (χ0n) is 14.4. The van der Waals surface area contributed by atoms with E-state index >= 15 is 0 Å². The summed E-state index contributed by atoms with van der Waals surface area (Å²) in [6.45, 7) is 0. The second-order valence-electron chi connectivity index (χ2n) is 5.57. The van der Waals surface area contributed by atoms with Crippen LogP contribution in [0.2, 0.25) is 0 Å². The van der Waals surface area contributed by atoms with Gasteiger partial charge >= 0.3 is 18.4 Å². The third-order valence-corrected chi connectivity index (χ3v) is 3.51. The molecule has 5 nitrogen and oxygen atoms in total. The van der Waals surface area contributed by atoms with Crippen molar-refractivity contribution in [3.8, 4) is 16.9 Å². The molecule has 0 aliphatic rings. The van der Waals surface area contributed by atoms with E-state index in [0.29, 0.717) is 5.69 Å². The Kier molecular flexibility index (Phi) is 6.20. The quantitative estimate of drug-likeness (QED) is 0.563. The number of primary amides is 1. The third kappa shape index (κ3) is 5.74. The van der Waals surface area contributed by atoms with Gasteiger partial charge in [0.25, 0.3) is 0 Å². The first kappa shape index (κ1) is 21.8. The van der Waals surface area contributed by atoms with Gasteiger partial charge in [-0.05, 0) is 30.3 Å². The number of hydrogen-bond donors (Lipinski definition) is 2. The Bertz CT molecular complexity index is 960. The highest BCUT2D eigenvalue weighted by atomic mass is 19.4. The highest BCUT2D eigenvalue weighted by Gasteiger charge is 2.35. The lowest BCUT2D eigenvalue weighted by atomic mass is 10.1. The number of hydrogen-bond acceptors (Lipinski definition) is 2. The van der Waals surface area contributed by atoms with Gasteiger partial charge in [-0.15, -0.1) is 0 Å². The first-order chi connectivity index (χ1) is 13.4. The van der Waals surface area contributed by atoms with Crippen LogP contribution < -0.4 is 5.73 Å². The van der Waals surface area contributed by atoms with Gasteiger partial charge in [0.05, 0.1) is 16.9 Å². The molecule has 3 aromatic rings. The summed E-state index contributed by atoms with van der Waals surface area (Å²) in [6, 6.07) is 12.8. The highest BCUT2D eigenvalue weighted by molar-refractivity contribution is 5.63. The Labute approximate surface area is 160 Å². The number of benzene rings is 2. The van der Waals surface area contributed by atoms with E-state index in [1.165, 1.54) is 0 Å². The van der Waals surface area contributed by atoms with Crippen molar-refractivity contribution in [1.82, 2.24) is 9.78 Å². The minimum Gasteiger partial charge on any atom is -0.465 e. The molecule has 0 aliphatic heterocycles. The number of nitrogens with two attached hydrogens (primary N) is 1. The van der Waals surface area contributed by atoms with Gasteiger partial charge in [-0.2, -0.15) is 31.4 Å². The Morgan fingerprint density at radius 3 is 1.86 bits per heavy atom. The molecule has 11 heteroatoms. The van der Waals surface area contributed by atoms with Crippen LogP contribution in [0, 0.1) is 0 Å². The first-order valence-electron chi connectivity index (χ1n) is 7.78. The van der Waals surface area contributed by atoms with Crippen LogP contribution in [0.15, 0.2) is 60.7 Å². The number of rotatable bonds is 2. The number of carbonyl (C=O) groups is 1. The fourth-order valence-electron chi connectivity index (χ4n) is 2.32. The van der Waals surface area contributed by atoms with Crippen LogP contribution in [0.3, 0.4) is 0 Å². The van der Waals surface area contributed by atoms with E-state index in [-0.39, 0.29) is 11.3 Å². The molecule has 29 heavy (non-hydrogen) atoms. The normalized spacial score (nSPS) is 11.5. The lowest BCUT2D eigenvalue weighted by Gasteiger charge is -2.09. The SMILES string of the molecule is FC(F)(F)c1ccc(-c2cc(C(F)(F)F)nn2-c2ccccc2)cc1.NC(=O)O. The predicted molar refractivity (Wildman–Crippen MR) is 91.2 cm³/mol. The summed E-state index contributed by atoms with van der Waals surface area (Å²) in [5.74, 6) is 0. The lowest BCUT2D eigenvalue weighted by molar-refractivity contribution is -0.141. The molecule has 0 unspecified atom stereocenters. The zero-order valence-corrected chi connectivity index (χ0v) is 14.4. The first-order valence-corrected chi connectivity index (χ1v) is 7.78. The maximum absolute atomic E-state index is 13.0. The average molecular weight is 417 g/mol. The van der Waals surface area contributed by atoms with Crippen molar-refractivity contribution in [2.24, 2.45) is 5.73 Å². The van der Waals surface area contributed by atoms with E-state index < -0.39 is 29.7 Å². The predicted octanol–water partition coefficient (Wildman–Crippen LogP) is 5.20. The number of nitrogens with zero attached hydrogens (tertiary/aromatic N) is 2. The minimum atomic E-state index is -4.67. The molecule has 0 fully saturated rings. The van der Waals surface area contributed by atoms with Crippen LogP contribution in [0.4, 0.5) is 31.1 Å². The second-order valence-corrected chi connectivity index (χ2v) is 5.57. The average Bonchev–Trinajstić information content (AvgIpc) is 3.07. The molecule has 2 aromatic carbocycles. The van der Waals surface area contributed by atoms with Crippen molar-refractivity contribution in [1.29, 1.82) is 0 Å². The minimum absolute atomic E-state index is 0.0484. The number of halogens is 6. The number of aromatic nitrogens is 2. The molecule has 0 saturated carbocycles. The second kappa shape index (κ2) is 8.25. The Morgan fingerprint density at radius 1 is 0.897 bits per heavy atom. The van der Waals surface area contributed by atoms with Crippen molar-refractivity contribution in [2.45, 2.75) is 12.4 Å². The molecule has 0 spiro atoms. The smallest absolute Gasteiger partial charge is 0.435 e. The van der Waals surface area contributed by atoms with Gasteiger partial charge in [0.2, 0.25) is 0 Å². The van der Waals surface area contributed by atoms with Gasteiger partial charge < -0.3 is 10.8 Å². The Hall–Kier alpha value is -3.50. The maximum atomic E-state index is 13.0. The largest absolute Gasteiger partial charge is 0.465 e. The van der Waals surface area contributed by atoms with Gasteiger partial charge in [0, 0.05) is 5.56 Å². The summed E-state index contributed by atoms with van der Waals surface area (Å²) in [5, 5.41) is 10.8. The number of carboxylic acid groups (broad SMARTS) is 1. The zero-order chi connectivity index (χ0) is 21.8. The van der Waals surface area contributed by atoms with E-state index in [2.05, 4.69) is 10.8 Å². The molecule has 3 rings (SSSR count). The van der Waals surface area contributed by atoms with Crippen molar-refractivity contribution >= 4 is 6.09 Å². The van der Waals surface area contributed by atoms with Crippen LogP contribution in [-0.2, 0) is 12.4 Å². The summed E-state index contributed by atoms with van der Waals surface area (Å²) in [4.78, 5) is 8.78. The molecule has 0 atom stereocenters. The van der Waals surface area contributed by atoms with E-state index in [4.69, 9.17) is 9.90 Å². The van der Waals surface area contributed by atoms with E-state index in [0.717, 1.165) is 35.0 Å². The van der Waals surface area contributed by atoms with Gasteiger partial charge in [-0.3, -0.25) is 0 Å². The summed E-state index contributed by atoms with van der Waals surface area (Å²) in [6.07, 6.45) is -10.5. The van der Waals surface area contributed by atoms with E-state index in [1.54, 1.807) is 30.3 Å². The summed E-state index contributed by atoms with van der Waals surface area (Å²) >= 11 is 0. The van der Waals surface area contributed by atoms with Crippen molar-refractivity contribution in [3.05, 3.63) is 71.9 Å². The van der Waals surface area contributed by atoms with Gasteiger partial charge in [0.15, 0.2) is 5.69 Å². The lowest BCUT2D eigenvalue weighted by Crippen LogP contribution is -2.07. The van der Waals surface area contributed by atoms with E-state index in [1.807, 2.05) is 0 Å². The summed E-state index contributed by atoms with van der Waals surface area (Å²) in [5.41, 5.74) is 2.64. The van der Waals surface area contributed by atoms with Crippen LogP contribution in [0.1, 0.15) is 11.3 Å². The molecule has 0 aliphatic carbocycles. The van der Waals surface area contributed by atoms with Crippen LogP contribution in [0.5, 0.6) is 0 Å². The highest BCUT2D eigenvalue weighted by Crippen LogP contribution is 2.35. The standard InChI is InChI=1S/C17H10F6N2.CH3NO2/c18-16(19,20)12-8-6-11(7-9-12)14-10-15(17(21,22)23)24-25(14)13-4-2-1-3-5-13;2-1(3)4/h1-10H;2H2,(H,3,4). The number of alkyl halides is 6. The molecule has 1 heterocycles. The van der Waals surface area contributed by atoms with Crippen molar-refractivity contribution in [2.75, 3.05) is 0 Å². The molecule has 0 radical (unpaired) electrons. The summed E-state index contributed by atoms with van der Waals surface area (Å²) in [7, 11) is 0. The molecule has 0 saturated heterocycles. The Balaban J connectivity index is 0.000000687. The van der Waals surface area contributed by atoms with Crippen LogP contribution in [-0.4, -0.2) is 21.0 Å². The fourth-order valence-corrected chi connectivity index (χ4v) is 2.32. The fraction of sp³-hybridized carbons (Fsp3) is 0.111. The molecule has 1 aromatic heterocycles.